The monoisotopic (exact) mass is 835 g/mol. The Balaban J connectivity index is -0.000000374. The van der Waals surface area contributed by atoms with E-state index in [1.807, 2.05) is 0 Å². The molecule has 0 rings (SSSR count). The van der Waals surface area contributed by atoms with Crippen LogP contribution in [0.15, 0.2) is 0 Å². The Bertz CT molecular complexity index is 676. The summed E-state index contributed by atoms with van der Waals surface area (Å²) in [7, 11) is 0. The van der Waals surface area contributed by atoms with Crippen molar-refractivity contribution in [2.45, 2.75) is 310 Å². The summed E-state index contributed by atoms with van der Waals surface area (Å²) in [6, 6.07) is 0. The fourth-order valence-corrected chi connectivity index (χ4v) is 7.39. The second-order valence-corrected chi connectivity index (χ2v) is 17.2. The average Bonchev–Trinajstić information content (AvgIpc) is 3.18. The van der Waals surface area contributed by atoms with Crippen molar-refractivity contribution in [3.63, 3.8) is 0 Å². The molecule has 58 heavy (non-hydrogen) atoms. The molecule has 0 saturated carbocycles. The summed E-state index contributed by atoms with van der Waals surface area (Å²) in [6.45, 7) is 6.79. The third-order valence-corrected chi connectivity index (χ3v) is 11.2. The minimum atomic E-state index is -0.904. The second kappa shape index (κ2) is 60.2. The van der Waals surface area contributed by atoms with Crippen molar-refractivity contribution in [1.29, 1.82) is 0 Å². The molecule has 0 spiro atoms. The summed E-state index contributed by atoms with van der Waals surface area (Å²) >= 11 is 0. The van der Waals surface area contributed by atoms with E-state index in [-0.39, 0.29) is 36.6 Å². The van der Waals surface area contributed by atoms with Gasteiger partial charge in [-0.15, -0.1) is 0 Å². The molecule has 0 aromatic carbocycles. The van der Waals surface area contributed by atoms with E-state index in [9.17, 15) is 29.7 Å². The van der Waals surface area contributed by atoms with Crippen LogP contribution in [0.4, 0.5) is 0 Å². The van der Waals surface area contributed by atoms with Crippen LogP contribution in [0.5, 0.6) is 0 Å². The number of unbranched alkanes of at least 4 members (excludes halogenated alkanes) is 39. The van der Waals surface area contributed by atoms with Gasteiger partial charge >= 0.3 is 17.4 Å². The molecule has 7 heteroatoms. The molecule has 0 aliphatic carbocycles. The second-order valence-electron chi connectivity index (χ2n) is 17.2. The molecular formula is C51H99AlO6. The van der Waals surface area contributed by atoms with Gasteiger partial charge < -0.3 is 29.7 Å². The maximum Gasteiger partial charge on any atom is 3.00 e. The average molecular weight is 835 g/mol. The first-order valence-corrected chi connectivity index (χ1v) is 25.4. The van der Waals surface area contributed by atoms with Crippen LogP contribution < -0.4 is 15.3 Å². The van der Waals surface area contributed by atoms with Gasteiger partial charge in [0.2, 0.25) is 0 Å². The maximum absolute atomic E-state index is 10.2. The molecule has 0 aromatic rings. The van der Waals surface area contributed by atoms with E-state index in [4.69, 9.17) is 0 Å². The first-order valence-electron chi connectivity index (χ1n) is 25.4. The topological polar surface area (TPSA) is 120 Å². The van der Waals surface area contributed by atoms with Gasteiger partial charge in [0.1, 0.15) is 0 Å². The van der Waals surface area contributed by atoms with Crippen molar-refractivity contribution >= 4 is 35.3 Å². The van der Waals surface area contributed by atoms with Crippen molar-refractivity contribution in [3.05, 3.63) is 0 Å². The van der Waals surface area contributed by atoms with Gasteiger partial charge in [0.15, 0.2) is 0 Å². The number of hydrogen-bond acceptors (Lipinski definition) is 6. The van der Waals surface area contributed by atoms with Crippen LogP contribution >= 0.6 is 0 Å². The zero-order valence-corrected chi connectivity index (χ0v) is 40.5. The summed E-state index contributed by atoms with van der Waals surface area (Å²) in [5, 5.41) is 30.6. The molecule has 0 heterocycles. The molecule has 6 nitrogen and oxygen atoms in total. The SMILES string of the molecule is CCCCCCCCCCCCCCCCC(=O)[O-].CCCCCCCCCCCCCCCCC(=O)[O-].CCCCCCCCCCCCCCCCC(=O)[O-].[Al+3]. The first-order chi connectivity index (χ1) is 27.8. The Hall–Kier alpha value is -1.06. The molecule has 0 amide bonds. The van der Waals surface area contributed by atoms with E-state index in [0.717, 1.165) is 38.5 Å². The van der Waals surface area contributed by atoms with Gasteiger partial charge in [-0.1, -0.05) is 271 Å². The Morgan fingerprint density at radius 3 is 0.431 bits per heavy atom. The van der Waals surface area contributed by atoms with Crippen LogP contribution in [0, 0.1) is 0 Å². The minimum absolute atomic E-state index is 0. The van der Waals surface area contributed by atoms with Crippen LogP contribution in [0.25, 0.3) is 0 Å². The van der Waals surface area contributed by atoms with Crippen molar-refractivity contribution in [2.24, 2.45) is 0 Å². The van der Waals surface area contributed by atoms with Gasteiger partial charge in [0, 0.05) is 17.9 Å². The molecule has 0 N–H and O–H groups in total. The summed E-state index contributed by atoms with van der Waals surface area (Å²) in [5.74, 6) is -2.71. The zero-order valence-electron chi connectivity index (χ0n) is 39.3. The molecule has 0 bridgehead atoms. The summed E-state index contributed by atoms with van der Waals surface area (Å²) in [5.41, 5.74) is 0. The molecule has 0 saturated heterocycles. The molecule has 0 aromatic heterocycles. The maximum atomic E-state index is 10.2. The summed E-state index contributed by atoms with van der Waals surface area (Å²) in [4.78, 5) is 30.6. The Morgan fingerprint density at radius 2 is 0.328 bits per heavy atom. The molecule has 0 aliphatic rings. The van der Waals surface area contributed by atoms with E-state index in [2.05, 4.69) is 20.8 Å². The van der Waals surface area contributed by atoms with E-state index in [1.54, 1.807) is 0 Å². The van der Waals surface area contributed by atoms with E-state index >= 15 is 0 Å². The van der Waals surface area contributed by atoms with Crippen molar-refractivity contribution in [1.82, 2.24) is 0 Å². The van der Waals surface area contributed by atoms with Crippen molar-refractivity contribution in [3.8, 4) is 0 Å². The van der Waals surface area contributed by atoms with Gasteiger partial charge in [-0.25, -0.2) is 0 Å². The predicted octanol–water partition coefficient (Wildman–Crippen LogP) is 13.4. The predicted molar refractivity (Wildman–Crippen MR) is 246 cm³/mol. The molecule has 0 aliphatic heterocycles. The van der Waals surface area contributed by atoms with Crippen molar-refractivity contribution in [2.75, 3.05) is 0 Å². The number of rotatable bonds is 45. The summed E-state index contributed by atoms with van der Waals surface area (Å²) < 4.78 is 0. The number of aliphatic carboxylic acids is 3. The normalized spacial score (nSPS) is 10.6. The first kappa shape index (κ1) is 63.6. The van der Waals surface area contributed by atoms with Crippen LogP contribution in [0.1, 0.15) is 310 Å². The Kier molecular flexibility index (Phi) is 66.0. The smallest absolute Gasteiger partial charge is 0.550 e. The fraction of sp³-hybridized carbons (Fsp3) is 0.941. The number of carboxylic acid groups (broad SMARTS) is 3. The van der Waals surface area contributed by atoms with E-state index in [0.29, 0.717) is 0 Å². The molecular weight excluding hydrogens is 736 g/mol. The van der Waals surface area contributed by atoms with Gasteiger partial charge in [0.25, 0.3) is 0 Å². The summed E-state index contributed by atoms with van der Waals surface area (Å²) in [6.07, 6.45) is 55.2. The Morgan fingerprint density at radius 1 is 0.224 bits per heavy atom. The number of carbonyl (C=O) groups excluding carboxylic acids is 3. The zero-order chi connectivity index (χ0) is 42.6. The van der Waals surface area contributed by atoms with Gasteiger partial charge in [-0.3, -0.25) is 0 Å². The number of carboxylic acids is 3. The minimum Gasteiger partial charge on any atom is -0.550 e. The molecule has 0 unspecified atom stereocenters. The molecule has 0 radical (unpaired) electrons. The standard InChI is InChI=1S/3C17H34O2.Al/c3*1-2-3-4-5-6-7-8-9-10-11-12-13-14-15-16-17(18)19;/h3*2-16H2,1H3,(H,18,19);/q;;;+3/p-3. The van der Waals surface area contributed by atoms with E-state index < -0.39 is 17.9 Å². The van der Waals surface area contributed by atoms with Crippen LogP contribution in [-0.2, 0) is 14.4 Å². The number of hydrogen-bond donors (Lipinski definition) is 0. The Labute approximate surface area is 373 Å². The van der Waals surface area contributed by atoms with E-state index in [1.165, 1.54) is 231 Å². The molecule has 0 atom stereocenters. The van der Waals surface area contributed by atoms with Gasteiger partial charge in [0.05, 0.1) is 0 Å². The third-order valence-electron chi connectivity index (χ3n) is 11.2. The van der Waals surface area contributed by atoms with Gasteiger partial charge in [-0.05, 0) is 38.5 Å². The van der Waals surface area contributed by atoms with Gasteiger partial charge in [-0.2, -0.15) is 0 Å². The third kappa shape index (κ3) is 72.6. The molecule has 342 valence electrons. The van der Waals surface area contributed by atoms with Crippen LogP contribution in [0.3, 0.4) is 0 Å². The largest absolute Gasteiger partial charge is 3.00 e. The van der Waals surface area contributed by atoms with Crippen LogP contribution in [-0.4, -0.2) is 35.3 Å². The van der Waals surface area contributed by atoms with Crippen LogP contribution in [0.2, 0.25) is 0 Å². The molecule has 0 fully saturated rings. The van der Waals surface area contributed by atoms with Crippen molar-refractivity contribution < 1.29 is 29.7 Å². The fourth-order valence-electron chi connectivity index (χ4n) is 7.39. The quantitative estimate of drug-likeness (QED) is 0.0445. The number of carbonyl (C=O) groups is 3.